The lowest BCUT2D eigenvalue weighted by Gasteiger charge is -2.29. The van der Waals surface area contributed by atoms with E-state index in [0.717, 1.165) is 12.8 Å². The number of pyridine rings is 1. The molecule has 1 aliphatic heterocycles. The number of carbonyl (C=O) groups is 2. The van der Waals surface area contributed by atoms with E-state index < -0.39 is 0 Å². The molecule has 1 fully saturated rings. The number of aromatic amines is 1. The number of nitrogens with one attached hydrogen (secondary N) is 3. The van der Waals surface area contributed by atoms with Crippen molar-refractivity contribution in [2.75, 3.05) is 23.8 Å². The van der Waals surface area contributed by atoms with Crippen LogP contribution in [0.4, 0.5) is 11.5 Å². The molecule has 3 aromatic heterocycles. The monoisotopic (exact) mass is 506 g/mol. The molecule has 1 amide bonds. The number of amides is 1. The number of anilines is 2. The summed E-state index contributed by atoms with van der Waals surface area (Å²) in [6.07, 6.45) is 7.43. The van der Waals surface area contributed by atoms with Crippen molar-refractivity contribution >= 4 is 45.8 Å². The first-order valence-electron chi connectivity index (χ1n) is 11.4. The molecule has 184 valence electrons. The average Bonchev–Trinajstić information content (AvgIpc) is 3.35. The van der Waals surface area contributed by atoms with E-state index in [1.165, 1.54) is 24.8 Å². The number of H-pyrrole nitrogens is 1. The maximum atomic E-state index is 13.5. The Morgan fingerprint density at radius 1 is 1.14 bits per heavy atom. The van der Waals surface area contributed by atoms with Crippen LogP contribution in [0.3, 0.4) is 0 Å². The molecule has 0 bridgehead atoms. The van der Waals surface area contributed by atoms with Crippen LogP contribution in [-0.2, 0) is 4.74 Å². The van der Waals surface area contributed by atoms with Gasteiger partial charge in [-0.2, -0.15) is 0 Å². The molecular formula is C25H23ClN6O4. The molecule has 1 saturated heterocycles. The number of benzene rings is 1. The van der Waals surface area contributed by atoms with Gasteiger partial charge in [0, 0.05) is 35.4 Å². The highest BCUT2D eigenvalue weighted by Crippen LogP contribution is 2.30. The Labute approximate surface area is 211 Å². The van der Waals surface area contributed by atoms with Crippen molar-refractivity contribution in [2.24, 2.45) is 0 Å². The lowest BCUT2D eigenvalue weighted by Crippen LogP contribution is -2.36. The SMILES string of the molecule is O=C(Nc1ccc(C(=O)c2c[nH]c3ncnc(N[C@@H]4CC[C@H](CO)OC4)c23)c(Cl)c1)c1ccncc1. The van der Waals surface area contributed by atoms with Gasteiger partial charge in [-0.1, -0.05) is 11.6 Å². The Balaban J connectivity index is 1.38. The van der Waals surface area contributed by atoms with Gasteiger partial charge in [0.25, 0.3) is 5.91 Å². The number of hydrogen-bond donors (Lipinski definition) is 4. The fourth-order valence-corrected chi connectivity index (χ4v) is 4.40. The first-order valence-corrected chi connectivity index (χ1v) is 11.8. The van der Waals surface area contributed by atoms with Gasteiger partial charge in [0.2, 0.25) is 0 Å². The maximum absolute atomic E-state index is 13.5. The van der Waals surface area contributed by atoms with E-state index in [1.807, 2.05) is 0 Å². The summed E-state index contributed by atoms with van der Waals surface area (Å²) in [5.41, 5.74) is 2.07. The number of carbonyl (C=O) groups excluding carboxylic acids is 2. The zero-order chi connectivity index (χ0) is 25.1. The normalized spacial score (nSPS) is 17.6. The minimum Gasteiger partial charge on any atom is -0.394 e. The largest absolute Gasteiger partial charge is 0.394 e. The summed E-state index contributed by atoms with van der Waals surface area (Å²) >= 11 is 6.47. The van der Waals surface area contributed by atoms with Gasteiger partial charge < -0.3 is 25.5 Å². The van der Waals surface area contributed by atoms with Gasteiger partial charge in [-0.3, -0.25) is 14.6 Å². The number of nitrogens with zero attached hydrogens (tertiary/aromatic N) is 3. The molecule has 0 unspecified atom stereocenters. The molecule has 11 heteroatoms. The molecule has 0 aliphatic carbocycles. The van der Waals surface area contributed by atoms with Gasteiger partial charge in [-0.25, -0.2) is 9.97 Å². The van der Waals surface area contributed by atoms with E-state index in [0.29, 0.717) is 40.3 Å². The van der Waals surface area contributed by atoms with Crippen molar-refractivity contribution in [3.63, 3.8) is 0 Å². The third kappa shape index (κ3) is 4.92. The number of halogens is 1. The molecule has 4 aromatic rings. The molecule has 0 saturated carbocycles. The summed E-state index contributed by atoms with van der Waals surface area (Å²) < 4.78 is 5.65. The van der Waals surface area contributed by atoms with Crippen molar-refractivity contribution in [2.45, 2.75) is 25.0 Å². The zero-order valence-electron chi connectivity index (χ0n) is 19.1. The van der Waals surface area contributed by atoms with Crippen LogP contribution in [0.25, 0.3) is 11.0 Å². The van der Waals surface area contributed by atoms with Gasteiger partial charge in [0.05, 0.1) is 41.3 Å². The fourth-order valence-electron chi connectivity index (χ4n) is 4.14. The van der Waals surface area contributed by atoms with E-state index >= 15 is 0 Å². The molecule has 2 atom stereocenters. The molecule has 0 spiro atoms. The Morgan fingerprint density at radius 2 is 1.97 bits per heavy atom. The third-order valence-corrected chi connectivity index (χ3v) is 6.36. The van der Waals surface area contributed by atoms with Crippen LogP contribution in [0.15, 0.2) is 55.2 Å². The van der Waals surface area contributed by atoms with Crippen LogP contribution in [0, 0.1) is 0 Å². The number of ether oxygens (including phenoxy) is 1. The van der Waals surface area contributed by atoms with Gasteiger partial charge in [-0.15, -0.1) is 0 Å². The van der Waals surface area contributed by atoms with Gasteiger partial charge in [0.1, 0.15) is 17.8 Å². The van der Waals surface area contributed by atoms with E-state index in [-0.39, 0.29) is 41.0 Å². The van der Waals surface area contributed by atoms with Crippen molar-refractivity contribution in [3.05, 3.63) is 77.0 Å². The Bertz CT molecular complexity index is 1400. The van der Waals surface area contributed by atoms with Crippen molar-refractivity contribution in [3.8, 4) is 0 Å². The number of fused-ring (bicyclic) bond motifs is 1. The molecule has 36 heavy (non-hydrogen) atoms. The van der Waals surface area contributed by atoms with E-state index in [1.54, 1.807) is 30.5 Å². The number of hydrogen-bond acceptors (Lipinski definition) is 8. The minimum absolute atomic E-state index is 0.00605. The highest BCUT2D eigenvalue weighted by atomic mass is 35.5. The molecule has 5 rings (SSSR count). The summed E-state index contributed by atoms with van der Waals surface area (Å²) in [4.78, 5) is 41.4. The second-order valence-electron chi connectivity index (χ2n) is 8.42. The van der Waals surface area contributed by atoms with Crippen molar-refractivity contribution in [1.29, 1.82) is 0 Å². The summed E-state index contributed by atoms with van der Waals surface area (Å²) in [7, 11) is 0. The second-order valence-corrected chi connectivity index (χ2v) is 8.83. The highest BCUT2D eigenvalue weighted by molar-refractivity contribution is 6.36. The smallest absolute Gasteiger partial charge is 0.255 e. The van der Waals surface area contributed by atoms with E-state index in [9.17, 15) is 14.7 Å². The number of aliphatic hydroxyl groups excluding tert-OH is 1. The van der Waals surface area contributed by atoms with Crippen LogP contribution in [0.5, 0.6) is 0 Å². The zero-order valence-corrected chi connectivity index (χ0v) is 19.8. The standard InChI is InChI=1S/C25H23ClN6O4/c26-20-9-15(32-25(35)14-5-7-27-8-6-14)2-4-18(20)22(34)19-10-28-23-21(19)24(30-13-29-23)31-16-1-3-17(11-33)36-12-16/h2,4-10,13,16-17,33H,1,3,11-12H2,(H,32,35)(H2,28,29,30,31)/t16-,17-/m1/s1. The van der Waals surface area contributed by atoms with Crippen LogP contribution in [0.1, 0.15) is 39.1 Å². The number of aliphatic hydroxyl groups is 1. The highest BCUT2D eigenvalue weighted by Gasteiger charge is 2.25. The van der Waals surface area contributed by atoms with E-state index in [4.69, 9.17) is 16.3 Å². The summed E-state index contributed by atoms with van der Waals surface area (Å²) in [6, 6.07) is 7.92. The maximum Gasteiger partial charge on any atom is 0.255 e. The summed E-state index contributed by atoms with van der Waals surface area (Å²) in [6.45, 7) is 0.414. The van der Waals surface area contributed by atoms with Gasteiger partial charge >= 0.3 is 0 Å². The quantitative estimate of drug-likeness (QED) is 0.279. The lowest BCUT2D eigenvalue weighted by molar-refractivity contribution is -0.0224. The number of aromatic nitrogens is 4. The Hall–Kier alpha value is -3.86. The van der Waals surface area contributed by atoms with Crippen LogP contribution < -0.4 is 10.6 Å². The Kier molecular flexibility index (Phi) is 6.90. The minimum atomic E-state index is -0.311. The fraction of sp³-hybridized carbons (Fsp3) is 0.240. The first kappa shape index (κ1) is 23.9. The lowest BCUT2D eigenvalue weighted by atomic mass is 10.0. The van der Waals surface area contributed by atoms with Crippen LogP contribution in [-0.4, -0.2) is 62.1 Å². The molecule has 1 aromatic carbocycles. The van der Waals surface area contributed by atoms with Crippen molar-refractivity contribution < 1.29 is 19.4 Å². The van der Waals surface area contributed by atoms with Crippen LogP contribution in [0.2, 0.25) is 5.02 Å². The molecule has 1 aliphatic rings. The number of rotatable bonds is 7. The predicted molar refractivity (Wildman–Crippen MR) is 134 cm³/mol. The molecule has 4 heterocycles. The average molecular weight is 507 g/mol. The topological polar surface area (TPSA) is 142 Å². The Morgan fingerprint density at radius 3 is 2.69 bits per heavy atom. The predicted octanol–water partition coefficient (Wildman–Crippen LogP) is 3.44. The third-order valence-electron chi connectivity index (χ3n) is 6.04. The van der Waals surface area contributed by atoms with Crippen molar-refractivity contribution in [1.82, 2.24) is 19.9 Å². The molecular weight excluding hydrogens is 484 g/mol. The van der Waals surface area contributed by atoms with Gasteiger partial charge in [0.15, 0.2) is 5.78 Å². The summed E-state index contributed by atoms with van der Waals surface area (Å²) in [5.74, 6) is -0.108. The molecule has 10 nitrogen and oxygen atoms in total. The van der Waals surface area contributed by atoms with Gasteiger partial charge in [-0.05, 0) is 43.2 Å². The first-order chi connectivity index (χ1) is 17.5. The van der Waals surface area contributed by atoms with Crippen LogP contribution >= 0.6 is 11.6 Å². The second kappa shape index (κ2) is 10.4. The number of ketones is 1. The van der Waals surface area contributed by atoms with E-state index in [2.05, 4.69) is 30.6 Å². The molecule has 0 radical (unpaired) electrons. The summed E-state index contributed by atoms with van der Waals surface area (Å²) in [5, 5.41) is 16.1. The molecule has 4 N–H and O–H groups in total.